The van der Waals surface area contributed by atoms with Crippen molar-refractivity contribution < 1.29 is 8.81 Å². The summed E-state index contributed by atoms with van der Waals surface area (Å²) >= 11 is 0. The third-order valence-corrected chi connectivity index (χ3v) is 2.45. The molecule has 3 N–H and O–H groups in total. The van der Waals surface area contributed by atoms with Gasteiger partial charge in [-0.1, -0.05) is 23.3 Å². The molecule has 0 amide bonds. The van der Waals surface area contributed by atoms with E-state index in [9.17, 15) is 4.39 Å². The quantitative estimate of drug-likeness (QED) is 0.809. The largest absolute Gasteiger partial charge is 0.408 e. The van der Waals surface area contributed by atoms with Crippen LogP contribution in [-0.4, -0.2) is 23.3 Å². The van der Waals surface area contributed by atoms with Crippen molar-refractivity contribution in [2.75, 3.05) is 18.4 Å². The van der Waals surface area contributed by atoms with Gasteiger partial charge >= 0.3 is 6.01 Å². The van der Waals surface area contributed by atoms with Crippen LogP contribution in [0.1, 0.15) is 11.5 Å². The number of hydrogen-bond donors (Lipinski definition) is 2. The van der Waals surface area contributed by atoms with E-state index in [1.165, 1.54) is 6.07 Å². The minimum absolute atomic E-state index is 0.200. The lowest BCUT2D eigenvalue weighted by Gasteiger charge is -2.02. The highest BCUT2D eigenvalue weighted by molar-refractivity contribution is 5.21. The van der Waals surface area contributed by atoms with Crippen molar-refractivity contribution in [2.45, 2.75) is 12.8 Å². The first-order valence-electron chi connectivity index (χ1n) is 5.79. The van der Waals surface area contributed by atoms with Crippen molar-refractivity contribution in [3.8, 4) is 0 Å². The molecule has 0 aliphatic rings. The van der Waals surface area contributed by atoms with Gasteiger partial charge in [0.1, 0.15) is 5.82 Å². The molecule has 0 aliphatic heterocycles. The number of aromatic nitrogens is 2. The molecule has 1 aromatic heterocycles. The van der Waals surface area contributed by atoms with Gasteiger partial charge < -0.3 is 15.5 Å². The number of anilines is 1. The summed E-state index contributed by atoms with van der Waals surface area (Å²) in [7, 11) is 0. The van der Waals surface area contributed by atoms with Crippen LogP contribution in [-0.2, 0) is 12.8 Å². The number of nitrogens with zero attached hydrogens (tertiary/aromatic N) is 2. The Morgan fingerprint density at radius 2 is 2.06 bits per heavy atom. The lowest BCUT2D eigenvalue weighted by molar-refractivity contribution is 0.505. The fourth-order valence-corrected chi connectivity index (χ4v) is 1.55. The van der Waals surface area contributed by atoms with E-state index < -0.39 is 0 Å². The van der Waals surface area contributed by atoms with Gasteiger partial charge in [-0.15, -0.1) is 5.10 Å². The van der Waals surface area contributed by atoms with Crippen LogP contribution in [0.5, 0.6) is 0 Å². The highest BCUT2D eigenvalue weighted by atomic mass is 19.1. The third-order valence-electron chi connectivity index (χ3n) is 2.45. The fourth-order valence-electron chi connectivity index (χ4n) is 1.55. The molecule has 0 atom stereocenters. The zero-order valence-corrected chi connectivity index (χ0v) is 9.90. The molecule has 96 valence electrons. The van der Waals surface area contributed by atoms with Crippen molar-refractivity contribution in [3.05, 3.63) is 41.5 Å². The SMILES string of the molecule is NCCc1nnc(NCCc2ccccc2F)o1. The Balaban J connectivity index is 1.83. The van der Waals surface area contributed by atoms with Crippen LogP contribution < -0.4 is 11.1 Å². The number of rotatable bonds is 6. The molecule has 5 nitrogen and oxygen atoms in total. The first kappa shape index (κ1) is 12.5. The van der Waals surface area contributed by atoms with Crippen molar-refractivity contribution in [1.29, 1.82) is 0 Å². The molecule has 1 aromatic carbocycles. The second-order valence-corrected chi connectivity index (χ2v) is 3.81. The Labute approximate surface area is 104 Å². The molecule has 0 bridgehead atoms. The van der Waals surface area contributed by atoms with Gasteiger partial charge in [0.15, 0.2) is 0 Å². The summed E-state index contributed by atoms with van der Waals surface area (Å²) in [6.07, 6.45) is 1.11. The lowest BCUT2D eigenvalue weighted by atomic mass is 10.1. The van der Waals surface area contributed by atoms with Gasteiger partial charge in [0.05, 0.1) is 0 Å². The van der Waals surface area contributed by atoms with E-state index in [0.717, 1.165) is 0 Å². The normalized spacial score (nSPS) is 10.6. The molecule has 6 heteroatoms. The summed E-state index contributed by atoms with van der Waals surface area (Å²) in [5, 5.41) is 10.6. The van der Waals surface area contributed by atoms with Gasteiger partial charge in [-0.05, 0) is 18.1 Å². The Bertz CT molecular complexity index is 500. The second kappa shape index (κ2) is 6.11. The molecular formula is C12H15FN4O. The molecule has 0 aliphatic carbocycles. The molecule has 0 radical (unpaired) electrons. The molecule has 0 unspecified atom stereocenters. The predicted molar refractivity (Wildman–Crippen MR) is 65.7 cm³/mol. The molecule has 0 saturated carbocycles. The molecule has 0 fully saturated rings. The van der Waals surface area contributed by atoms with E-state index in [4.69, 9.17) is 10.2 Å². The molecule has 18 heavy (non-hydrogen) atoms. The van der Waals surface area contributed by atoms with Crippen LogP contribution >= 0.6 is 0 Å². The van der Waals surface area contributed by atoms with E-state index in [1.54, 1.807) is 12.1 Å². The maximum atomic E-state index is 13.3. The van der Waals surface area contributed by atoms with Gasteiger partial charge in [0.2, 0.25) is 5.89 Å². The minimum Gasteiger partial charge on any atom is -0.408 e. The molecular weight excluding hydrogens is 235 g/mol. The number of hydrogen-bond acceptors (Lipinski definition) is 5. The van der Waals surface area contributed by atoms with E-state index in [1.807, 2.05) is 6.07 Å². The average molecular weight is 250 g/mol. The van der Waals surface area contributed by atoms with E-state index in [2.05, 4.69) is 15.5 Å². The lowest BCUT2D eigenvalue weighted by Crippen LogP contribution is -2.06. The summed E-state index contributed by atoms with van der Waals surface area (Å²) < 4.78 is 18.6. The maximum absolute atomic E-state index is 13.3. The van der Waals surface area contributed by atoms with Crippen LogP contribution in [0.25, 0.3) is 0 Å². The van der Waals surface area contributed by atoms with Gasteiger partial charge in [-0.25, -0.2) is 4.39 Å². The van der Waals surface area contributed by atoms with Crippen molar-refractivity contribution >= 4 is 6.01 Å². The van der Waals surface area contributed by atoms with E-state index in [-0.39, 0.29) is 5.82 Å². The van der Waals surface area contributed by atoms with E-state index in [0.29, 0.717) is 43.4 Å². The molecule has 2 rings (SSSR count). The molecule has 0 saturated heterocycles. The van der Waals surface area contributed by atoms with E-state index >= 15 is 0 Å². The predicted octanol–water partition coefficient (Wildman–Crippen LogP) is 1.36. The Morgan fingerprint density at radius 1 is 1.22 bits per heavy atom. The monoisotopic (exact) mass is 250 g/mol. The zero-order chi connectivity index (χ0) is 12.8. The van der Waals surface area contributed by atoms with Gasteiger partial charge in [0, 0.05) is 19.5 Å². The summed E-state index contributed by atoms with van der Waals surface area (Å²) in [5.74, 6) is 0.305. The van der Waals surface area contributed by atoms with Crippen LogP contribution in [0, 0.1) is 5.82 Å². The third kappa shape index (κ3) is 3.27. The standard InChI is InChI=1S/C12H15FN4O/c13-10-4-2-1-3-9(10)6-8-15-12-17-16-11(18-12)5-7-14/h1-4H,5-8,14H2,(H,15,17). The minimum atomic E-state index is -0.200. The second-order valence-electron chi connectivity index (χ2n) is 3.81. The van der Waals surface area contributed by atoms with Gasteiger partial charge in [0.25, 0.3) is 0 Å². The molecule has 2 aromatic rings. The van der Waals surface area contributed by atoms with Crippen molar-refractivity contribution in [1.82, 2.24) is 10.2 Å². The van der Waals surface area contributed by atoms with Crippen LogP contribution in [0.4, 0.5) is 10.4 Å². The average Bonchev–Trinajstić information content (AvgIpc) is 2.80. The highest BCUT2D eigenvalue weighted by Crippen LogP contribution is 2.09. The zero-order valence-electron chi connectivity index (χ0n) is 9.90. The summed E-state index contributed by atoms with van der Waals surface area (Å²) in [6, 6.07) is 7.02. The van der Waals surface area contributed by atoms with Gasteiger partial charge in [-0.2, -0.15) is 0 Å². The van der Waals surface area contributed by atoms with Crippen molar-refractivity contribution in [2.24, 2.45) is 5.73 Å². The number of halogens is 1. The number of nitrogens with one attached hydrogen (secondary N) is 1. The summed E-state index contributed by atoms with van der Waals surface area (Å²) in [4.78, 5) is 0. The Morgan fingerprint density at radius 3 is 2.83 bits per heavy atom. The highest BCUT2D eigenvalue weighted by Gasteiger charge is 2.05. The van der Waals surface area contributed by atoms with Crippen molar-refractivity contribution in [3.63, 3.8) is 0 Å². The summed E-state index contributed by atoms with van der Waals surface area (Å²) in [6.45, 7) is 1.00. The Kier molecular flexibility index (Phi) is 4.25. The first-order chi connectivity index (χ1) is 8.79. The molecule has 0 spiro atoms. The number of nitrogens with two attached hydrogens (primary N) is 1. The topological polar surface area (TPSA) is 77.0 Å². The van der Waals surface area contributed by atoms with Crippen LogP contribution in [0.2, 0.25) is 0 Å². The fraction of sp³-hybridized carbons (Fsp3) is 0.333. The van der Waals surface area contributed by atoms with Gasteiger partial charge in [-0.3, -0.25) is 0 Å². The molecule has 1 heterocycles. The maximum Gasteiger partial charge on any atom is 0.315 e. The first-order valence-corrected chi connectivity index (χ1v) is 5.79. The van der Waals surface area contributed by atoms with Crippen LogP contribution in [0.3, 0.4) is 0 Å². The number of benzene rings is 1. The Hall–Kier alpha value is -1.95. The van der Waals surface area contributed by atoms with Crippen LogP contribution in [0.15, 0.2) is 28.7 Å². The smallest absolute Gasteiger partial charge is 0.315 e. The summed E-state index contributed by atoms with van der Waals surface area (Å²) in [5.41, 5.74) is 6.03.